The predicted molar refractivity (Wildman–Crippen MR) is 70.5 cm³/mol. The first-order valence-corrected chi connectivity index (χ1v) is 6.09. The highest BCUT2D eigenvalue weighted by Gasteiger charge is 2.02. The highest BCUT2D eigenvalue weighted by atomic mass is 16.2. The van der Waals surface area contributed by atoms with Gasteiger partial charge in [-0.15, -0.1) is 0 Å². The summed E-state index contributed by atoms with van der Waals surface area (Å²) in [5.74, 6) is 0. The molecule has 0 atom stereocenters. The Morgan fingerprint density at radius 1 is 1.37 bits per heavy atom. The summed E-state index contributed by atoms with van der Waals surface area (Å²) in [5, 5.41) is 5.42. The molecule has 98 valence electrons. The van der Waals surface area contributed by atoms with Crippen LogP contribution < -0.4 is 0 Å². The van der Waals surface area contributed by atoms with Gasteiger partial charge >= 0.3 is 6.15 Å². The zero-order valence-corrected chi connectivity index (χ0v) is 10.8. The Hall–Kier alpha value is -2.44. The second-order valence-corrected chi connectivity index (χ2v) is 4.01. The van der Waals surface area contributed by atoms with Crippen LogP contribution in [0.3, 0.4) is 0 Å². The summed E-state index contributed by atoms with van der Waals surface area (Å²) in [4.78, 5) is 19.7. The molecule has 19 heavy (non-hydrogen) atoms. The van der Waals surface area contributed by atoms with E-state index in [2.05, 4.69) is 16.9 Å². The molecule has 5 heteroatoms. The first kappa shape index (κ1) is 14.6. The lowest BCUT2D eigenvalue weighted by Gasteiger charge is -2.02. The summed E-state index contributed by atoms with van der Waals surface area (Å²) < 4.78 is 2.03. The van der Waals surface area contributed by atoms with Gasteiger partial charge in [0.25, 0.3) is 0 Å². The van der Waals surface area contributed by atoms with E-state index >= 15 is 0 Å². The summed E-state index contributed by atoms with van der Waals surface area (Å²) in [6.07, 6.45) is 5.72. The molecule has 0 radical (unpaired) electrons. The van der Waals surface area contributed by atoms with Crippen LogP contribution >= 0.6 is 0 Å². The minimum Gasteiger partial charge on any atom is -0.265 e. The summed E-state index contributed by atoms with van der Waals surface area (Å²) >= 11 is 0. The number of hydrogen-bond donors (Lipinski definition) is 0. The molecule has 1 aromatic heterocycles. The predicted octanol–water partition coefficient (Wildman–Crippen LogP) is 3.19. The maximum absolute atomic E-state index is 8.12. The van der Waals surface area contributed by atoms with Crippen molar-refractivity contribution in [2.45, 2.75) is 32.7 Å². The number of carbonyl (C=O) groups excluding carboxylic acids is 2. The molecular formula is C14H15N3O2. The van der Waals surface area contributed by atoms with Gasteiger partial charge in [0.1, 0.15) is 0 Å². The van der Waals surface area contributed by atoms with Gasteiger partial charge < -0.3 is 0 Å². The zero-order chi connectivity index (χ0) is 14.1. The molecule has 1 aromatic carbocycles. The van der Waals surface area contributed by atoms with Gasteiger partial charge in [-0.25, -0.2) is 4.85 Å². The third-order valence-corrected chi connectivity index (χ3v) is 2.73. The van der Waals surface area contributed by atoms with Crippen LogP contribution in [0.15, 0.2) is 24.4 Å². The number of aryl methyl sites for hydroxylation is 1. The van der Waals surface area contributed by atoms with Gasteiger partial charge in [-0.1, -0.05) is 25.8 Å². The topological polar surface area (TPSA) is 56.3 Å². The number of nitrogens with zero attached hydrogens (tertiary/aromatic N) is 3. The van der Waals surface area contributed by atoms with Gasteiger partial charge in [-0.05, 0) is 18.6 Å². The highest BCUT2D eigenvalue weighted by Crippen LogP contribution is 2.21. The van der Waals surface area contributed by atoms with Gasteiger partial charge in [0, 0.05) is 11.9 Å². The van der Waals surface area contributed by atoms with Crippen LogP contribution in [0.1, 0.15) is 26.2 Å². The number of benzene rings is 1. The Balaban J connectivity index is 0.000000550. The Labute approximate surface area is 111 Å². The third-order valence-electron chi connectivity index (χ3n) is 2.73. The van der Waals surface area contributed by atoms with E-state index in [9.17, 15) is 0 Å². The monoisotopic (exact) mass is 257 g/mol. The van der Waals surface area contributed by atoms with E-state index in [1.54, 1.807) is 0 Å². The zero-order valence-electron chi connectivity index (χ0n) is 10.8. The van der Waals surface area contributed by atoms with Crippen molar-refractivity contribution in [3.63, 3.8) is 0 Å². The summed E-state index contributed by atoms with van der Waals surface area (Å²) in [7, 11) is 0. The van der Waals surface area contributed by atoms with Crippen molar-refractivity contribution in [2.24, 2.45) is 0 Å². The lowest BCUT2D eigenvalue weighted by atomic mass is 10.2. The first-order chi connectivity index (χ1) is 9.26. The Bertz CT molecular complexity index is 605. The molecule has 0 aliphatic heterocycles. The van der Waals surface area contributed by atoms with Gasteiger partial charge in [0.05, 0.1) is 18.3 Å². The van der Waals surface area contributed by atoms with Crippen LogP contribution in [0.5, 0.6) is 0 Å². The smallest absolute Gasteiger partial charge is 0.265 e. The van der Waals surface area contributed by atoms with E-state index in [4.69, 9.17) is 16.2 Å². The maximum Gasteiger partial charge on any atom is 0.373 e. The average Bonchev–Trinajstić information content (AvgIpc) is 2.82. The number of unbranched alkanes of at least 4 members (excludes halogenated alkanes) is 2. The number of fused-ring (bicyclic) bond motifs is 1. The molecule has 2 aromatic rings. The summed E-state index contributed by atoms with van der Waals surface area (Å²) in [6, 6.07) is 5.74. The molecule has 0 unspecified atom stereocenters. The molecule has 0 bridgehead atoms. The molecule has 0 amide bonds. The molecule has 5 nitrogen and oxygen atoms in total. The van der Waals surface area contributed by atoms with Crippen molar-refractivity contribution in [3.05, 3.63) is 35.8 Å². The van der Waals surface area contributed by atoms with Crippen molar-refractivity contribution < 1.29 is 9.59 Å². The van der Waals surface area contributed by atoms with Crippen molar-refractivity contribution in [1.29, 1.82) is 0 Å². The van der Waals surface area contributed by atoms with Gasteiger partial charge in [-0.2, -0.15) is 14.7 Å². The van der Waals surface area contributed by atoms with Crippen molar-refractivity contribution in [2.75, 3.05) is 0 Å². The fourth-order valence-corrected chi connectivity index (χ4v) is 1.83. The highest BCUT2D eigenvalue weighted by molar-refractivity contribution is 5.82. The second kappa shape index (κ2) is 7.80. The van der Waals surface area contributed by atoms with Crippen molar-refractivity contribution in [3.8, 4) is 0 Å². The minimum atomic E-state index is 0.250. The van der Waals surface area contributed by atoms with Crippen molar-refractivity contribution in [1.82, 2.24) is 9.78 Å². The van der Waals surface area contributed by atoms with E-state index in [1.807, 2.05) is 29.1 Å². The molecular weight excluding hydrogens is 242 g/mol. The number of hydrogen-bond acceptors (Lipinski definition) is 3. The quantitative estimate of drug-likeness (QED) is 0.624. The molecule has 0 fully saturated rings. The van der Waals surface area contributed by atoms with Crippen LogP contribution in [0.25, 0.3) is 15.7 Å². The normalized spacial score (nSPS) is 9.26. The molecule has 2 rings (SSSR count). The van der Waals surface area contributed by atoms with E-state index in [1.165, 1.54) is 12.8 Å². The average molecular weight is 257 g/mol. The first-order valence-electron chi connectivity index (χ1n) is 6.09. The van der Waals surface area contributed by atoms with E-state index < -0.39 is 0 Å². The summed E-state index contributed by atoms with van der Waals surface area (Å²) in [5.41, 5.74) is 1.81. The Morgan fingerprint density at radius 3 is 2.74 bits per heavy atom. The lowest BCUT2D eigenvalue weighted by Crippen LogP contribution is -1.99. The van der Waals surface area contributed by atoms with E-state index in [-0.39, 0.29) is 6.15 Å². The lowest BCUT2D eigenvalue weighted by molar-refractivity contribution is -0.191. The third kappa shape index (κ3) is 4.06. The largest absolute Gasteiger partial charge is 0.373 e. The Morgan fingerprint density at radius 2 is 2.11 bits per heavy atom. The van der Waals surface area contributed by atoms with Gasteiger partial charge in [-0.3, -0.25) is 4.68 Å². The van der Waals surface area contributed by atoms with Crippen LogP contribution in [0.2, 0.25) is 0 Å². The molecule has 0 saturated heterocycles. The standard InChI is InChI=1S/C13H15N3.CO2/c1-3-4-5-8-16-13-7-6-12(14-2)9-11(13)10-15-16;2-1-3/h6-7,9-10H,3-5,8H2,1H3;. The summed E-state index contributed by atoms with van der Waals surface area (Å²) in [6.45, 7) is 10.1. The van der Waals surface area contributed by atoms with E-state index in [0.717, 1.165) is 23.9 Å². The molecule has 0 N–H and O–H groups in total. The Kier molecular flexibility index (Phi) is 6.00. The van der Waals surface area contributed by atoms with Crippen LogP contribution in [-0.2, 0) is 16.1 Å². The second-order valence-electron chi connectivity index (χ2n) is 4.01. The van der Waals surface area contributed by atoms with Crippen LogP contribution in [0.4, 0.5) is 5.69 Å². The molecule has 1 heterocycles. The van der Waals surface area contributed by atoms with Crippen LogP contribution in [0, 0.1) is 6.57 Å². The number of aromatic nitrogens is 2. The molecule has 0 aliphatic carbocycles. The van der Waals surface area contributed by atoms with Crippen LogP contribution in [-0.4, -0.2) is 15.9 Å². The van der Waals surface area contributed by atoms with Gasteiger partial charge in [0.15, 0.2) is 5.69 Å². The number of rotatable bonds is 4. The van der Waals surface area contributed by atoms with Crippen molar-refractivity contribution >= 4 is 22.7 Å². The minimum absolute atomic E-state index is 0.250. The van der Waals surface area contributed by atoms with E-state index in [0.29, 0.717) is 5.69 Å². The SMILES string of the molecule is O=C=O.[C-]#[N+]c1ccc2c(cnn2CCCCC)c1. The fraction of sp³-hybridized carbons (Fsp3) is 0.357. The molecule has 0 saturated carbocycles. The fourth-order valence-electron chi connectivity index (χ4n) is 1.83. The molecule has 0 spiro atoms. The molecule has 0 aliphatic rings. The van der Waals surface area contributed by atoms with Gasteiger partial charge in [0.2, 0.25) is 0 Å². The maximum atomic E-state index is 8.12.